The summed E-state index contributed by atoms with van der Waals surface area (Å²) in [6, 6.07) is 5.70. The number of ether oxygens (including phenoxy) is 2. The molecule has 0 saturated carbocycles. The molecule has 1 aliphatic heterocycles. The maximum absolute atomic E-state index is 12.2. The summed E-state index contributed by atoms with van der Waals surface area (Å²) in [5, 5.41) is 2.43. The molecule has 0 spiro atoms. The van der Waals surface area contributed by atoms with Crippen molar-refractivity contribution in [3.63, 3.8) is 0 Å². The van der Waals surface area contributed by atoms with Gasteiger partial charge in [0.2, 0.25) is 5.91 Å². The Hall–Kier alpha value is -1.73. The molecule has 0 unspecified atom stereocenters. The molecule has 1 aromatic carbocycles. The molecule has 7 heteroatoms. The van der Waals surface area contributed by atoms with Crippen LogP contribution in [-0.2, 0) is 4.79 Å². The SMILES string of the molecule is COc1cccc([C@@H]2SCC(=O)N2c2nccs2)c1OC. The van der Waals surface area contributed by atoms with Gasteiger partial charge in [0.05, 0.1) is 20.0 Å². The van der Waals surface area contributed by atoms with Crippen molar-refractivity contribution in [2.45, 2.75) is 5.37 Å². The van der Waals surface area contributed by atoms with Crippen LogP contribution in [0.5, 0.6) is 11.5 Å². The van der Waals surface area contributed by atoms with Crippen molar-refractivity contribution < 1.29 is 14.3 Å². The summed E-state index contributed by atoms with van der Waals surface area (Å²) in [4.78, 5) is 18.2. The van der Waals surface area contributed by atoms with Crippen molar-refractivity contribution in [1.29, 1.82) is 0 Å². The van der Waals surface area contributed by atoms with E-state index in [0.717, 1.165) is 5.56 Å². The van der Waals surface area contributed by atoms with Crippen LogP contribution in [0.2, 0.25) is 0 Å². The lowest BCUT2D eigenvalue weighted by molar-refractivity contribution is -0.115. The summed E-state index contributed by atoms with van der Waals surface area (Å²) in [5.74, 6) is 1.82. The number of thiazole rings is 1. The van der Waals surface area contributed by atoms with E-state index in [1.807, 2.05) is 23.6 Å². The number of anilines is 1. The Kier molecular flexibility index (Phi) is 4.03. The Balaban J connectivity index is 2.05. The zero-order valence-electron chi connectivity index (χ0n) is 11.6. The van der Waals surface area contributed by atoms with E-state index in [1.165, 1.54) is 11.3 Å². The third kappa shape index (κ3) is 2.47. The fraction of sp³-hybridized carbons (Fsp3) is 0.286. The minimum Gasteiger partial charge on any atom is -0.493 e. The van der Waals surface area contributed by atoms with Crippen molar-refractivity contribution >= 4 is 34.1 Å². The summed E-state index contributed by atoms with van der Waals surface area (Å²) < 4.78 is 10.8. The fourth-order valence-corrected chi connectivity index (χ4v) is 4.23. The third-order valence-electron chi connectivity index (χ3n) is 3.19. The molecule has 1 aliphatic rings. The summed E-state index contributed by atoms with van der Waals surface area (Å²) in [5.41, 5.74) is 0.919. The smallest absolute Gasteiger partial charge is 0.240 e. The summed E-state index contributed by atoms with van der Waals surface area (Å²) in [6.45, 7) is 0. The Morgan fingerprint density at radius 2 is 2.19 bits per heavy atom. The van der Waals surface area contributed by atoms with Crippen molar-refractivity contribution in [1.82, 2.24) is 4.98 Å². The summed E-state index contributed by atoms with van der Waals surface area (Å²) >= 11 is 3.02. The van der Waals surface area contributed by atoms with Crippen LogP contribution in [0.15, 0.2) is 29.8 Å². The number of methoxy groups -OCH3 is 2. The second kappa shape index (κ2) is 5.95. The molecule has 1 atom stereocenters. The molecule has 0 N–H and O–H groups in total. The quantitative estimate of drug-likeness (QED) is 0.866. The first-order valence-corrected chi connectivity index (χ1v) is 8.23. The van der Waals surface area contributed by atoms with Gasteiger partial charge in [-0.2, -0.15) is 0 Å². The van der Waals surface area contributed by atoms with E-state index >= 15 is 0 Å². The van der Waals surface area contributed by atoms with E-state index in [-0.39, 0.29) is 11.3 Å². The lowest BCUT2D eigenvalue weighted by Gasteiger charge is -2.23. The number of carbonyl (C=O) groups is 1. The number of para-hydroxylation sites is 1. The molecule has 0 bridgehead atoms. The topological polar surface area (TPSA) is 51.7 Å². The Morgan fingerprint density at radius 1 is 1.33 bits per heavy atom. The molecular weight excluding hydrogens is 308 g/mol. The number of rotatable bonds is 4. The van der Waals surface area contributed by atoms with Gasteiger partial charge in [-0.1, -0.05) is 12.1 Å². The number of aromatic nitrogens is 1. The summed E-state index contributed by atoms with van der Waals surface area (Å²) in [6.07, 6.45) is 1.70. The van der Waals surface area contributed by atoms with Gasteiger partial charge in [0.15, 0.2) is 16.6 Å². The minimum atomic E-state index is -0.145. The first-order chi connectivity index (χ1) is 10.3. The molecule has 1 amide bonds. The van der Waals surface area contributed by atoms with Crippen molar-refractivity contribution in [3.8, 4) is 11.5 Å². The predicted molar refractivity (Wildman–Crippen MR) is 84.3 cm³/mol. The van der Waals surface area contributed by atoms with Crippen LogP contribution in [-0.4, -0.2) is 30.9 Å². The van der Waals surface area contributed by atoms with Crippen molar-refractivity contribution in [3.05, 3.63) is 35.3 Å². The second-order valence-corrected chi connectivity index (χ2v) is 6.27. The van der Waals surface area contributed by atoms with Gasteiger partial charge in [-0.25, -0.2) is 4.98 Å². The van der Waals surface area contributed by atoms with Crippen LogP contribution < -0.4 is 14.4 Å². The highest BCUT2D eigenvalue weighted by Gasteiger charge is 2.37. The zero-order valence-corrected chi connectivity index (χ0v) is 13.2. The molecule has 110 valence electrons. The molecule has 3 rings (SSSR count). The molecule has 2 aromatic rings. The van der Waals surface area contributed by atoms with Crippen molar-refractivity contribution in [2.24, 2.45) is 0 Å². The Labute approximate surface area is 130 Å². The fourth-order valence-electron chi connectivity index (χ4n) is 2.30. The molecule has 21 heavy (non-hydrogen) atoms. The number of benzene rings is 1. The Morgan fingerprint density at radius 3 is 2.86 bits per heavy atom. The van der Waals surface area contributed by atoms with Crippen LogP contribution in [0.25, 0.3) is 0 Å². The highest BCUT2D eigenvalue weighted by Crippen LogP contribution is 2.47. The lowest BCUT2D eigenvalue weighted by atomic mass is 10.1. The second-order valence-electron chi connectivity index (χ2n) is 4.32. The molecule has 0 radical (unpaired) electrons. The monoisotopic (exact) mass is 322 g/mol. The number of hydrogen-bond donors (Lipinski definition) is 0. The van der Waals surface area contributed by atoms with Crippen LogP contribution >= 0.6 is 23.1 Å². The maximum atomic E-state index is 12.2. The average molecular weight is 322 g/mol. The van der Waals surface area contributed by atoms with Gasteiger partial charge in [0, 0.05) is 17.1 Å². The van der Waals surface area contributed by atoms with Gasteiger partial charge in [-0.15, -0.1) is 23.1 Å². The van der Waals surface area contributed by atoms with E-state index in [2.05, 4.69) is 4.98 Å². The summed E-state index contributed by atoms with van der Waals surface area (Å²) in [7, 11) is 3.21. The van der Waals surface area contributed by atoms with Gasteiger partial charge in [0.1, 0.15) is 5.37 Å². The Bertz CT molecular complexity index is 646. The molecule has 5 nitrogen and oxygen atoms in total. The molecule has 1 saturated heterocycles. The van der Waals surface area contributed by atoms with E-state index in [9.17, 15) is 4.79 Å². The van der Waals surface area contributed by atoms with Crippen LogP contribution in [0, 0.1) is 0 Å². The highest BCUT2D eigenvalue weighted by atomic mass is 32.2. The first-order valence-electron chi connectivity index (χ1n) is 6.30. The number of nitrogens with zero attached hydrogens (tertiary/aromatic N) is 2. The van der Waals surface area contributed by atoms with Gasteiger partial charge in [-0.05, 0) is 6.07 Å². The van der Waals surface area contributed by atoms with E-state index < -0.39 is 0 Å². The van der Waals surface area contributed by atoms with E-state index in [0.29, 0.717) is 22.4 Å². The lowest BCUT2D eigenvalue weighted by Crippen LogP contribution is -2.27. The highest BCUT2D eigenvalue weighted by molar-refractivity contribution is 8.00. The maximum Gasteiger partial charge on any atom is 0.240 e. The number of thioether (sulfide) groups is 1. The molecule has 1 fully saturated rings. The normalized spacial score (nSPS) is 18.1. The number of hydrogen-bond acceptors (Lipinski definition) is 6. The van der Waals surface area contributed by atoms with Crippen molar-refractivity contribution in [2.75, 3.05) is 24.9 Å². The van der Waals surface area contributed by atoms with Gasteiger partial charge in [-0.3, -0.25) is 9.69 Å². The first kappa shape index (κ1) is 14.2. The number of carbonyl (C=O) groups excluding carboxylic acids is 1. The van der Waals surface area contributed by atoms with Crippen LogP contribution in [0.3, 0.4) is 0 Å². The minimum absolute atomic E-state index is 0.0600. The standard InChI is InChI=1S/C14H14N2O3S2/c1-18-10-5-3-4-9(12(10)19-2)13-16(11(17)8-21-13)14-15-6-7-20-14/h3-7,13H,8H2,1-2H3/t13-/m0/s1. The molecule has 1 aromatic heterocycles. The number of amides is 1. The largest absolute Gasteiger partial charge is 0.493 e. The van der Waals surface area contributed by atoms with E-state index in [4.69, 9.17) is 9.47 Å². The average Bonchev–Trinajstić information content (AvgIpc) is 3.15. The van der Waals surface area contributed by atoms with E-state index in [1.54, 1.807) is 37.1 Å². The molecular formula is C14H14N2O3S2. The van der Waals surface area contributed by atoms with Crippen LogP contribution in [0.1, 0.15) is 10.9 Å². The third-order valence-corrected chi connectivity index (χ3v) is 5.16. The predicted octanol–water partition coefficient (Wildman–Crippen LogP) is 2.94. The van der Waals surface area contributed by atoms with Gasteiger partial charge in [0.25, 0.3) is 0 Å². The molecule has 2 heterocycles. The molecule has 0 aliphatic carbocycles. The zero-order chi connectivity index (χ0) is 14.8. The van der Waals surface area contributed by atoms with Gasteiger partial charge < -0.3 is 9.47 Å². The van der Waals surface area contributed by atoms with Gasteiger partial charge >= 0.3 is 0 Å². The van der Waals surface area contributed by atoms with Crippen LogP contribution in [0.4, 0.5) is 5.13 Å².